The number of hydrogen-bond acceptors (Lipinski definition) is 5. The Morgan fingerprint density at radius 3 is 2.92 bits per heavy atom. The minimum atomic E-state index is -0.622. The molecule has 1 atom stereocenters. The van der Waals surface area contributed by atoms with Gasteiger partial charge in [-0.3, -0.25) is 14.5 Å². The summed E-state index contributed by atoms with van der Waals surface area (Å²) in [5, 5.41) is 12.9. The normalized spacial score (nSPS) is 16.3. The quantitative estimate of drug-likeness (QED) is 0.493. The molecule has 134 valence electrons. The van der Waals surface area contributed by atoms with E-state index in [0.717, 1.165) is 4.90 Å². The molecular weight excluding hydrogens is 359 g/mol. The average molecular weight is 374 g/mol. The van der Waals surface area contributed by atoms with Crippen LogP contribution in [-0.2, 0) is 11.8 Å². The number of nitrogens with zero attached hydrogens (tertiary/aromatic N) is 5. The van der Waals surface area contributed by atoms with Crippen molar-refractivity contribution in [2.24, 2.45) is 12.8 Å². The topological polar surface area (TPSA) is 100 Å². The second-order valence-electron chi connectivity index (χ2n) is 5.67. The number of anilines is 1. The lowest BCUT2D eigenvalue weighted by atomic mass is 10.1. The summed E-state index contributed by atoms with van der Waals surface area (Å²) in [6.07, 6.45) is 2.17. The van der Waals surface area contributed by atoms with Crippen molar-refractivity contribution in [3.05, 3.63) is 36.3 Å². The highest BCUT2D eigenvalue weighted by Gasteiger charge is 2.34. The SMILES string of the molecule is Cn1nccc1-c1ccc(N2CC(CN(C#N)C(N)=S)OC2=O)cc1F. The maximum atomic E-state index is 14.5. The van der Waals surface area contributed by atoms with Gasteiger partial charge in [-0.05, 0) is 36.5 Å². The first-order valence-corrected chi connectivity index (χ1v) is 8.04. The highest BCUT2D eigenvalue weighted by molar-refractivity contribution is 7.80. The first-order valence-electron chi connectivity index (χ1n) is 7.63. The van der Waals surface area contributed by atoms with Crippen molar-refractivity contribution >= 4 is 29.1 Å². The Hall–Kier alpha value is -3.19. The largest absolute Gasteiger partial charge is 0.442 e. The van der Waals surface area contributed by atoms with Crippen molar-refractivity contribution in [2.45, 2.75) is 6.10 Å². The van der Waals surface area contributed by atoms with Crippen molar-refractivity contribution in [2.75, 3.05) is 18.0 Å². The molecule has 2 heterocycles. The van der Waals surface area contributed by atoms with E-state index < -0.39 is 18.0 Å². The van der Waals surface area contributed by atoms with E-state index in [0.29, 0.717) is 16.9 Å². The summed E-state index contributed by atoms with van der Waals surface area (Å²) in [4.78, 5) is 14.5. The van der Waals surface area contributed by atoms with Crippen LogP contribution in [0, 0.1) is 17.3 Å². The van der Waals surface area contributed by atoms with E-state index in [1.807, 2.05) is 6.19 Å². The van der Waals surface area contributed by atoms with Crippen LogP contribution in [0.25, 0.3) is 11.3 Å². The van der Waals surface area contributed by atoms with Gasteiger partial charge in [-0.15, -0.1) is 0 Å². The number of thiocarbonyl (C=S) groups is 1. The van der Waals surface area contributed by atoms with Crippen molar-refractivity contribution < 1.29 is 13.9 Å². The van der Waals surface area contributed by atoms with Crippen LogP contribution in [0.15, 0.2) is 30.5 Å². The molecule has 0 saturated carbocycles. The van der Waals surface area contributed by atoms with Gasteiger partial charge in [0, 0.05) is 18.8 Å². The number of ether oxygens (including phenoxy) is 1. The number of nitrogens with two attached hydrogens (primary N) is 1. The van der Waals surface area contributed by atoms with Crippen LogP contribution in [0.2, 0.25) is 0 Å². The Balaban J connectivity index is 1.78. The van der Waals surface area contributed by atoms with Gasteiger partial charge in [-0.2, -0.15) is 10.4 Å². The molecule has 1 aliphatic heterocycles. The summed E-state index contributed by atoms with van der Waals surface area (Å²) in [5.74, 6) is -0.482. The van der Waals surface area contributed by atoms with Crippen LogP contribution < -0.4 is 10.6 Å². The van der Waals surface area contributed by atoms with Crippen LogP contribution in [0.1, 0.15) is 0 Å². The number of hydrogen-bond donors (Lipinski definition) is 1. The monoisotopic (exact) mass is 374 g/mol. The first kappa shape index (κ1) is 17.6. The molecule has 10 heteroatoms. The van der Waals surface area contributed by atoms with Gasteiger partial charge in [0.25, 0.3) is 0 Å². The third-order valence-electron chi connectivity index (χ3n) is 4.01. The molecule has 1 aliphatic rings. The molecule has 0 radical (unpaired) electrons. The fraction of sp³-hybridized carbons (Fsp3) is 0.250. The van der Waals surface area contributed by atoms with Gasteiger partial charge in [-0.25, -0.2) is 9.18 Å². The molecule has 1 aromatic heterocycles. The number of aromatic nitrogens is 2. The number of nitriles is 1. The fourth-order valence-corrected chi connectivity index (χ4v) is 2.84. The molecule has 1 amide bonds. The van der Waals surface area contributed by atoms with Crippen molar-refractivity contribution in [3.63, 3.8) is 0 Å². The maximum absolute atomic E-state index is 14.5. The predicted molar refractivity (Wildman–Crippen MR) is 95.3 cm³/mol. The number of aryl methyl sites for hydroxylation is 1. The number of carbonyl (C=O) groups is 1. The van der Waals surface area contributed by atoms with Crippen LogP contribution in [0.3, 0.4) is 0 Å². The number of rotatable bonds is 4. The van der Waals surface area contributed by atoms with Crippen LogP contribution >= 0.6 is 12.2 Å². The molecule has 0 spiro atoms. The van der Waals surface area contributed by atoms with E-state index in [1.54, 1.807) is 36.1 Å². The van der Waals surface area contributed by atoms with Gasteiger partial charge in [-0.1, -0.05) is 0 Å². The number of amides is 1. The van der Waals surface area contributed by atoms with E-state index in [9.17, 15) is 9.18 Å². The zero-order valence-electron chi connectivity index (χ0n) is 13.8. The Bertz CT molecular complexity index is 908. The lowest BCUT2D eigenvalue weighted by Crippen LogP contribution is -2.38. The number of benzene rings is 1. The standard InChI is InChI=1S/C16H15FN6O2S/c1-21-14(4-5-20-21)12-3-2-10(6-13(12)17)23-8-11(25-16(23)24)7-22(9-18)15(19)26/h2-6,11H,7-8H2,1H3,(H2,19,26). The van der Waals surface area contributed by atoms with Gasteiger partial charge in [0.2, 0.25) is 0 Å². The summed E-state index contributed by atoms with van der Waals surface area (Å²) < 4.78 is 21.3. The molecule has 26 heavy (non-hydrogen) atoms. The number of cyclic esters (lactones) is 1. The maximum Gasteiger partial charge on any atom is 0.414 e. The van der Waals surface area contributed by atoms with E-state index in [2.05, 4.69) is 5.10 Å². The van der Waals surface area contributed by atoms with Crippen molar-refractivity contribution in [3.8, 4) is 17.5 Å². The summed E-state index contributed by atoms with van der Waals surface area (Å²) in [7, 11) is 1.72. The molecule has 2 N–H and O–H groups in total. The van der Waals surface area contributed by atoms with E-state index in [-0.39, 0.29) is 18.2 Å². The Kier molecular flexibility index (Phi) is 4.73. The fourth-order valence-electron chi connectivity index (χ4n) is 2.73. The highest BCUT2D eigenvalue weighted by atomic mass is 32.1. The van der Waals surface area contributed by atoms with Crippen LogP contribution in [-0.4, -0.2) is 45.1 Å². The lowest BCUT2D eigenvalue weighted by Gasteiger charge is -2.17. The Labute approximate surface area is 154 Å². The molecule has 0 aliphatic carbocycles. The van der Waals surface area contributed by atoms with Gasteiger partial charge in [0.1, 0.15) is 11.9 Å². The van der Waals surface area contributed by atoms with E-state index in [4.69, 9.17) is 28.0 Å². The Morgan fingerprint density at radius 1 is 1.58 bits per heavy atom. The third kappa shape index (κ3) is 3.29. The second kappa shape index (κ2) is 6.97. The summed E-state index contributed by atoms with van der Waals surface area (Å²) in [6, 6.07) is 6.18. The average Bonchev–Trinajstić information content (AvgIpc) is 3.18. The van der Waals surface area contributed by atoms with E-state index in [1.165, 1.54) is 11.0 Å². The Morgan fingerprint density at radius 2 is 2.35 bits per heavy atom. The highest BCUT2D eigenvalue weighted by Crippen LogP contribution is 2.28. The molecule has 2 aromatic rings. The van der Waals surface area contributed by atoms with Gasteiger partial charge in [0.05, 0.1) is 24.5 Å². The second-order valence-corrected chi connectivity index (χ2v) is 6.09. The van der Waals surface area contributed by atoms with Gasteiger partial charge >= 0.3 is 6.09 Å². The van der Waals surface area contributed by atoms with Crippen molar-refractivity contribution in [1.29, 1.82) is 5.26 Å². The minimum Gasteiger partial charge on any atom is -0.442 e. The van der Waals surface area contributed by atoms with E-state index >= 15 is 0 Å². The molecule has 0 bridgehead atoms. The van der Waals surface area contributed by atoms with Gasteiger partial charge in [0.15, 0.2) is 11.3 Å². The summed E-state index contributed by atoms with van der Waals surface area (Å²) in [6.45, 7) is 0.202. The molecule has 1 saturated heterocycles. The van der Waals surface area contributed by atoms with Crippen molar-refractivity contribution in [1.82, 2.24) is 14.7 Å². The number of carbonyl (C=O) groups excluding carboxylic acids is 1. The molecule has 8 nitrogen and oxygen atoms in total. The van der Waals surface area contributed by atoms with Crippen LogP contribution in [0.4, 0.5) is 14.9 Å². The zero-order valence-corrected chi connectivity index (χ0v) is 14.6. The number of halogens is 1. The lowest BCUT2D eigenvalue weighted by molar-refractivity contribution is 0.133. The minimum absolute atomic E-state index is 0.0453. The van der Waals surface area contributed by atoms with Gasteiger partial charge < -0.3 is 10.5 Å². The molecule has 1 aromatic carbocycles. The first-order chi connectivity index (χ1) is 12.4. The smallest absolute Gasteiger partial charge is 0.414 e. The summed E-state index contributed by atoms with van der Waals surface area (Å²) in [5.41, 5.74) is 6.78. The third-order valence-corrected chi connectivity index (χ3v) is 4.23. The summed E-state index contributed by atoms with van der Waals surface area (Å²) >= 11 is 4.75. The molecule has 1 unspecified atom stereocenters. The molecule has 3 rings (SSSR count). The molecule has 1 fully saturated rings. The predicted octanol–water partition coefficient (Wildman–Crippen LogP) is 1.58. The molecular formula is C16H15FN6O2S. The zero-order chi connectivity index (χ0) is 18.8. The van der Waals surface area contributed by atoms with Crippen LogP contribution in [0.5, 0.6) is 0 Å².